The van der Waals surface area contributed by atoms with E-state index in [0.717, 1.165) is 51.2 Å². The second-order valence-corrected chi connectivity index (χ2v) is 8.41. The third-order valence-corrected chi connectivity index (χ3v) is 5.99. The van der Waals surface area contributed by atoms with Crippen LogP contribution in [-0.2, 0) is 4.79 Å². The van der Waals surface area contributed by atoms with Gasteiger partial charge >= 0.3 is 0 Å². The van der Waals surface area contributed by atoms with Gasteiger partial charge in [0.25, 0.3) is 0 Å². The van der Waals surface area contributed by atoms with E-state index in [1.54, 1.807) is 0 Å². The SMILES string of the molecule is CN(CC1CC1)CC1CCN(C(=O)C2CCCCC2(C)N)C1. The van der Waals surface area contributed by atoms with Crippen molar-refractivity contribution < 1.29 is 4.79 Å². The van der Waals surface area contributed by atoms with Crippen LogP contribution in [0.3, 0.4) is 0 Å². The fourth-order valence-electron chi connectivity index (χ4n) is 4.42. The van der Waals surface area contributed by atoms with Gasteiger partial charge in [-0.05, 0) is 57.9 Å². The van der Waals surface area contributed by atoms with Crippen LogP contribution >= 0.6 is 0 Å². The van der Waals surface area contributed by atoms with Gasteiger partial charge in [0.2, 0.25) is 5.91 Å². The number of amides is 1. The highest BCUT2D eigenvalue weighted by molar-refractivity contribution is 5.80. The molecule has 0 radical (unpaired) electrons. The summed E-state index contributed by atoms with van der Waals surface area (Å²) >= 11 is 0. The van der Waals surface area contributed by atoms with Crippen LogP contribution in [0.1, 0.15) is 51.9 Å². The third-order valence-electron chi connectivity index (χ3n) is 5.99. The molecule has 3 aliphatic rings. The molecule has 126 valence electrons. The maximum Gasteiger partial charge on any atom is 0.227 e. The highest BCUT2D eigenvalue weighted by Gasteiger charge is 2.41. The van der Waals surface area contributed by atoms with Crippen LogP contribution in [0.4, 0.5) is 0 Å². The summed E-state index contributed by atoms with van der Waals surface area (Å²) in [4.78, 5) is 17.5. The lowest BCUT2D eigenvalue weighted by molar-refractivity contribution is -0.138. The topological polar surface area (TPSA) is 49.6 Å². The van der Waals surface area contributed by atoms with E-state index in [-0.39, 0.29) is 11.5 Å². The first-order chi connectivity index (χ1) is 10.5. The van der Waals surface area contributed by atoms with E-state index in [9.17, 15) is 4.79 Å². The van der Waals surface area contributed by atoms with E-state index < -0.39 is 0 Å². The molecule has 3 fully saturated rings. The predicted octanol–water partition coefficient (Wildman–Crippen LogP) is 2.08. The summed E-state index contributed by atoms with van der Waals surface area (Å²) in [5.74, 6) is 1.98. The Labute approximate surface area is 135 Å². The first kappa shape index (κ1) is 16.3. The first-order valence-electron chi connectivity index (χ1n) is 9.22. The Bertz CT molecular complexity index is 405. The van der Waals surface area contributed by atoms with E-state index in [2.05, 4.69) is 23.8 Å². The number of nitrogens with two attached hydrogens (primary N) is 1. The van der Waals surface area contributed by atoms with Gasteiger partial charge in [0.05, 0.1) is 5.92 Å². The molecule has 1 saturated heterocycles. The quantitative estimate of drug-likeness (QED) is 0.846. The maximum absolute atomic E-state index is 12.9. The Morgan fingerprint density at radius 1 is 1.18 bits per heavy atom. The number of likely N-dealkylation sites (tertiary alicyclic amines) is 1. The zero-order valence-electron chi connectivity index (χ0n) is 14.4. The molecule has 1 heterocycles. The van der Waals surface area contributed by atoms with Crippen LogP contribution in [0.5, 0.6) is 0 Å². The largest absolute Gasteiger partial charge is 0.342 e. The van der Waals surface area contributed by atoms with Crippen molar-refractivity contribution in [2.24, 2.45) is 23.5 Å². The maximum atomic E-state index is 12.9. The van der Waals surface area contributed by atoms with Gasteiger partial charge in [-0.3, -0.25) is 4.79 Å². The van der Waals surface area contributed by atoms with Crippen molar-refractivity contribution in [1.82, 2.24) is 9.80 Å². The zero-order valence-corrected chi connectivity index (χ0v) is 14.4. The van der Waals surface area contributed by atoms with E-state index in [0.29, 0.717) is 11.8 Å². The summed E-state index contributed by atoms with van der Waals surface area (Å²) in [7, 11) is 2.24. The molecule has 2 N–H and O–H groups in total. The van der Waals surface area contributed by atoms with Crippen LogP contribution in [0, 0.1) is 17.8 Å². The molecule has 3 unspecified atom stereocenters. The summed E-state index contributed by atoms with van der Waals surface area (Å²) in [6.45, 7) is 6.35. The zero-order chi connectivity index (χ0) is 15.7. The van der Waals surface area contributed by atoms with Gasteiger partial charge < -0.3 is 15.5 Å². The van der Waals surface area contributed by atoms with Crippen LogP contribution in [0.15, 0.2) is 0 Å². The molecule has 2 aliphatic carbocycles. The van der Waals surface area contributed by atoms with Gasteiger partial charge in [0, 0.05) is 31.7 Å². The second-order valence-electron chi connectivity index (χ2n) is 8.41. The standard InChI is InChI=1S/C18H33N3O/c1-18(19)9-4-3-5-16(18)17(22)21-10-8-15(13-21)12-20(2)11-14-6-7-14/h14-16H,3-13,19H2,1-2H3. The van der Waals surface area contributed by atoms with Crippen LogP contribution in [-0.4, -0.2) is 54.5 Å². The highest BCUT2D eigenvalue weighted by atomic mass is 16.2. The highest BCUT2D eigenvalue weighted by Crippen LogP contribution is 2.34. The van der Waals surface area contributed by atoms with Crippen molar-refractivity contribution in [2.45, 2.75) is 57.4 Å². The molecule has 0 aromatic rings. The van der Waals surface area contributed by atoms with Gasteiger partial charge in [0.15, 0.2) is 0 Å². The molecule has 4 nitrogen and oxygen atoms in total. The monoisotopic (exact) mass is 307 g/mol. The smallest absolute Gasteiger partial charge is 0.227 e. The lowest BCUT2D eigenvalue weighted by Gasteiger charge is -2.39. The Kier molecular flexibility index (Phi) is 4.79. The van der Waals surface area contributed by atoms with E-state index in [1.807, 2.05) is 0 Å². The molecule has 22 heavy (non-hydrogen) atoms. The van der Waals surface area contributed by atoms with Gasteiger partial charge in [-0.25, -0.2) is 0 Å². The van der Waals surface area contributed by atoms with Gasteiger partial charge in [-0.2, -0.15) is 0 Å². The van der Waals surface area contributed by atoms with E-state index in [4.69, 9.17) is 5.73 Å². The molecule has 0 aromatic carbocycles. The fraction of sp³-hybridized carbons (Fsp3) is 0.944. The second kappa shape index (κ2) is 6.48. The van der Waals surface area contributed by atoms with Crippen LogP contribution < -0.4 is 5.73 Å². The molecule has 0 spiro atoms. The molecular weight excluding hydrogens is 274 g/mol. The van der Waals surface area contributed by atoms with Crippen molar-refractivity contribution in [2.75, 3.05) is 33.2 Å². The lowest BCUT2D eigenvalue weighted by atomic mass is 9.74. The van der Waals surface area contributed by atoms with Crippen molar-refractivity contribution in [3.63, 3.8) is 0 Å². The number of carbonyl (C=O) groups excluding carboxylic acids is 1. The van der Waals surface area contributed by atoms with Gasteiger partial charge in [0.1, 0.15) is 0 Å². The predicted molar refractivity (Wildman–Crippen MR) is 89.5 cm³/mol. The van der Waals surface area contributed by atoms with E-state index in [1.165, 1.54) is 25.8 Å². The Hall–Kier alpha value is -0.610. The molecular formula is C18H33N3O. The van der Waals surface area contributed by atoms with Crippen LogP contribution in [0.2, 0.25) is 0 Å². The number of hydrogen-bond donors (Lipinski definition) is 1. The molecule has 0 bridgehead atoms. The van der Waals surface area contributed by atoms with E-state index >= 15 is 0 Å². The molecule has 3 rings (SSSR count). The minimum absolute atomic E-state index is 0.0455. The fourth-order valence-corrected chi connectivity index (χ4v) is 4.42. The number of nitrogens with zero attached hydrogens (tertiary/aromatic N) is 2. The van der Waals surface area contributed by atoms with Gasteiger partial charge in [-0.15, -0.1) is 0 Å². The van der Waals surface area contributed by atoms with Crippen molar-refractivity contribution in [1.29, 1.82) is 0 Å². The Morgan fingerprint density at radius 3 is 2.59 bits per heavy atom. The number of rotatable bonds is 5. The van der Waals surface area contributed by atoms with Crippen molar-refractivity contribution in [3.05, 3.63) is 0 Å². The first-order valence-corrected chi connectivity index (χ1v) is 9.22. The summed E-state index contributed by atoms with van der Waals surface area (Å²) in [5.41, 5.74) is 6.12. The molecule has 3 atom stereocenters. The minimum Gasteiger partial charge on any atom is -0.342 e. The van der Waals surface area contributed by atoms with Crippen molar-refractivity contribution in [3.8, 4) is 0 Å². The summed E-state index contributed by atoms with van der Waals surface area (Å²) in [5, 5.41) is 0. The summed E-state index contributed by atoms with van der Waals surface area (Å²) in [6.07, 6.45) is 8.29. The molecule has 0 aromatic heterocycles. The Balaban J connectivity index is 1.49. The molecule has 2 saturated carbocycles. The minimum atomic E-state index is -0.295. The van der Waals surface area contributed by atoms with Gasteiger partial charge in [-0.1, -0.05) is 12.8 Å². The lowest BCUT2D eigenvalue weighted by Crippen LogP contribution is -2.53. The third kappa shape index (κ3) is 3.83. The average molecular weight is 307 g/mol. The summed E-state index contributed by atoms with van der Waals surface area (Å²) < 4.78 is 0. The molecule has 1 amide bonds. The van der Waals surface area contributed by atoms with Crippen molar-refractivity contribution >= 4 is 5.91 Å². The normalized spacial score (nSPS) is 36.1. The summed E-state index contributed by atoms with van der Waals surface area (Å²) in [6, 6.07) is 0. The Morgan fingerprint density at radius 2 is 1.91 bits per heavy atom. The van der Waals surface area contributed by atoms with Crippen LogP contribution in [0.25, 0.3) is 0 Å². The number of carbonyl (C=O) groups is 1. The number of hydrogen-bond acceptors (Lipinski definition) is 3. The molecule has 1 aliphatic heterocycles. The molecule has 4 heteroatoms. The average Bonchev–Trinajstić information content (AvgIpc) is 3.13.